The van der Waals surface area contributed by atoms with E-state index in [2.05, 4.69) is 48.3 Å². The zero-order valence-corrected chi connectivity index (χ0v) is 16.8. The van der Waals surface area contributed by atoms with Gasteiger partial charge in [-0.05, 0) is 50.2 Å². The van der Waals surface area contributed by atoms with Crippen molar-refractivity contribution in [3.63, 3.8) is 0 Å². The highest BCUT2D eigenvalue weighted by molar-refractivity contribution is 5.98. The predicted octanol–water partition coefficient (Wildman–Crippen LogP) is 2.76. The molecule has 2 atom stereocenters. The van der Waals surface area contributed by atoms with Crippen LogP contribution in [0.2, 0.25) is 0 Å². The summed E-state index contributed by atoms with van der Waals surface area (Å²) < 4.78 is 11.4. The largest absolute Gasteiger partial charge is 0.481 e. The molecule has 2 unspecified atom stereocenters. The van der Waals surface area contributed by atoms with Crippen LogP contribution in [0.5, 0.6) is 5.75 Å². The van der Waals surface area contributed by atoms with Crippen molar-refractivity contribution in [2.75, 3.05) is 48.0 Å². The van der Waals surface area contributed by atoms with Gasteiger partial charge in [0.2, 0.25) is 0 Å². The van der Waals surface area contributed by atoms with Crippen LogP contribution >= 0.6 is 0 Å². The van der Waals surface area contributed by atoms with Crippen LogP contribution in [0, 0.1) is 0 Å². The van der Waals surface area contributed by atoms with E-state index in [1.165, 1.54) is 5.69 Å². The van der Waals surface area contributed by atoms with E-state index in [1.54, 1.807) is 4.90 Å². The van der Waals surface area contributed by atoms with Crippen LogP contribution in [0.25, 0.3) is 0 Å². The van der Waals surface area contributed by atoms with E-state index in [0.717, 1.165) is 24.5 Å². The van der Waals surface area contributed by atoms with Gasteiger partial charge in [0.25, 0.3) is 5.91 Å². The third-order valence-corrected chi connectivity index (χ3v) is 5.17. The Hall–Kier alpha value is -2.77. The van der Waals surface area contributed by atoms with E-state index in [0.29, 0.717) is 11.4 Å². The monoisotopic (exact) mass is 397 g/mol. The Morgan fingerprint density at radius 1 is 1.07 bits per heavy atom. The Kier molecular flexibility index (Phi) is 5.60. The molecule has 2 aliphatic heterocycles. The van der Waals surface area contributed by atoms with Gasteiger partial charge in [0.1, 0.15) is 5.75 Å². The topological polar surface area (TPSA) is 74.3 Å². The third kappa shape index (κ3) is 4.31. The van der Waals surface area contributed by atoms with E-state index >= 15 is 0 Å². The molecule has 2 aromatic carbocycles. The summed E-state index contributed by atoms with van der Waals surface area (Å²) in [6.45, 7) is 6.16. The number of ether oxygens (including phenoxy) is 2. The smallest absolute Gasteiger partial charge is 0.265 e. The predicted molar refractivity (Wildman–Crippen MR) is 113 cm³/mol. The van der Waals surface area contributed by atoms with Gasteiger partial charge in [0.05, 0.1) is 24.5 Å². The first-order valence-electron chi connectivity index (χ1n) is 9.99. The van der Waals surface area contributed by atoms with Gasteiger partial charge in [-0.1, -0.05) is 0 Å². The fourth-order valence-corrected chi connectivity index (χ4v) is 3.94. The van der Waals surface area contributed by atoms with Crippen LogP contribution in [0.1, 0.15) is 13.8 Å². The normalized spacial score (nSPS) is 21.6. The van der Waals surface area contributed by atoms with Crippen molar-refractivity contribution < 1.29 is 19.4 Å². The molecule has 1 saturated heterocycles. The number of fused-ring (bicyclic) bond motifs is 1. The average Bonchev–Trinajstić information content (AvgIpc) is 2.70. The molecule has 0 aromatic heterocycles. The number of benzene rings is 2. The molecule has 0 saturated carbocycles. The van der Waals surface area contributed by atoms with E-state index in [-0.39, 0.29) is 37.9 Å². The number of anilines is 4. The molecule has 7 nitrogen and oxygen atoms in total. The van der Waals surface area contributed by atoms with Crippen LogP contribution in [-0.2, 0) is 9.53 Å². The minimum Gasteiger partial charge on any atom is -0.481 e. The maximum atomic E-state index is 12.0. The van der Waals surface area contributed by atoms with Crippen molar-refractivity contribution in [3.8, 4) is 5.75 Å². The number of nitrogens with zero attached hydrogens (tertiary/aromatic N) is 2. The first-order valence-corrected chi connectivity index (χ1v) is 9.99. The van der Waals surface area contributed by atoms with Crippen molar-refractivity contribution in [1.82, 2.24) is 0 Å². The minimum absolute atomic E-state index is 0.0124. The van der Waals surface area contributed by atoms with Crippen LogP contribution in [-0.4, -0.2) is 56.1 Å². The Bertz CT molecular complexity index is 861. The maximum Gasteiger partial charge on any atom is 0.265 e. The number of hydrogen-bond donors (Lipinski definition) is 2. The van der Waals surface area contributed by atoms with Gasteiger partial charge in [-0.3, -0.25) is 4.79 Å². The van der Waals surface area contributed by atoms with Gasteiger partial charge in [-0.25, -0.2) is 0 Å². The Morgan fingerprint density at radius 3 is 2.45 bits per heavy atom. The first kappa shape index (κ1) is 19.5. The summed E-state index contributed by atoms with van der Waals surface area (Å²) in [5.74, 6) is 0.491. The quantitative estimate of drug-likeness (QED) is 0.808. The lowest BCUT2D eigenvalue weighted by molar-refractivity contribution is -0.121. The van der Waals surface area contributed by atoms with Gasteiger partial charge in [-0.2, -0.15) is 0 Å². The van der Waals surface area contributed by atoms with Crippen LogP contribution in [0.4, 0.5) is 22.7 Å². The lowest BCUT2D eigenvalue weighted by Crippen LogP contribution is -2.45. The second-order valence-corrected chi connectivity index (χ2v) is 7.57. The van der Waals surface area contributed by atoms with Gasteiger partial charge in [0.15, 0.2) is 6.61 Å². The number of amides is 1. The highest BCUT2D eigenvalue weighted by Gasteiger charge is 2.25. The number of β-amino-alcohol motifs (C(OH)–C–C–N with tert-alkyl or cyclic N) is 1. The molecule has 0 spiro atoms. The number of carbonyl (C=O) groups is 1. The highest BCUT2D eigenvalue weighted by Crippen LogP contribution is 2.35. The number of nitrogens with one attached hydrogen (secondary N) is 1. The van der Waals surface area contributed by atoms with Crippen LogP contribution in [0.15, 0.2) is 42.5 Å². The fourth-order valence-electron chi connectivity index (χ4n) is 3.94. The Morgan fingerprint density at radius 2 is 1.76 bits per heavy atom. The lowest BCUT2D eigenvalue weighted by Gasteiger charge is -2.36. The zero-order valence-electron chi connectivity index (χ0n) is 16.8. The second kappa shape index (κ2) is 8.31. The number of hydrogen-bond acceptors (Lipinski definition) is 6. The highest BCUT2D eigenvalue weighted by atomic mass is 16.5. The zero-order chi connectivity index (χ0) is 20.4. The molecule has 0 radical (unpaired) electrons. The molecule has 1 fully saturated rings. The maximum absolute atomic E-state index is 12.0. The molecule has 2 aromatic rings. The van der Waals surface area contributed by atoms with Gasteiger partial charge < -0.3 is 29.7 Å². The minimum atomic E-state index is -0.144. The standard InChI is InChI=1S/C22H27N3O4/c1-15-12-24(13-16(2)29-15)19-6-3-17(4-7-19)23-18-5-8-20-21(11-18)28-14-22(27)25(20)9-10-26/h3-8,11,15-16,23,26H,9-10,12-14H2,1-2H3. The Labute approximate surface area is 170 Å². The summed E-state index contributed by atoms with van der Waals surface area (Å²) in [4.78, 5) is 15.9. The third-order valence-electron chi connectivity index (χ3n) is 5.17. The molecule has 1 amide bonds. The van der Waals surface area contributed by atoms with Crippen molar-refractivity contribution >= 4 is 28.7 Å². The second-order valence-electron chi connectivity index (χ2n) is 7.57. The van der Waals surface area contributed by atoms with Crippen molar-refractivity contribution in [3.05, 3.63) is 42.5 Å². The molecule has 29 heavy (non-hydrogen) atoms. The van der Waals surface area contributed by atoms with E-state index in [1.807, 2.05) is 18.2 Å². The van der Waals surface area contributed by atoms with Gasteiger partial charge >= 0.3 is 0 Å². The molecule has 2 aliphatic rings. The SMILES string of the molecule is CC1CN(c2ccc(Nc3ccc4c(c3)OCC(=O)N4CCO)cc2)CC(C)O1. The van der Waals surface area contributed by atoms with Crippen molar-refractivity contribution in [2.45, 2.75) is 26.1 Å². The molecular weight excluding hydrogens is 370 g/mol. The lowest BCUT2D eigenvalue weighted by atomic mass is 10.1. The van der Waals surface area contributed by atoms with Gasteiger partial charge in [0, 0.05) is 42.8 Å². The molecule has 2 heterocycles. The molecule has 0 bridgehead atoms. The fraction of sp³-hybridized carbons (Fsp3) is 0.409. The number of carbonyl (C=O) groups excluding carboxylic acids is 1. The molecule has 7 heteroatoms. The van der Waals surface area contributed by atoms with Crippen molar-refractivity contribution in [1.29, 1.82) is 0 Å². The average molecular weight is 397 g/mol. The van der Waals surface area contributed by atoms with Gasteiger partial charge in [-0.15, -0.1) is 0 Å². The summed E-state index contributed by atoms with van der Waals surface area (Å²) in [6.07, 6.45) is 0.452. The summed E-state index contributed by atoms with van der Waals surface area (Å²) in [5.41, 5.74) is 3.72. The van der Waals surface area contributed by atoms with Crippen LogP contribution in [0.3, 0.4) is 0 Å². The number of rotatable bonds is 5. The molecule has 2 N–H and O–H groups in total. The van der Waals surface area contributed by atoms with Crippen LogP contribution < -0.4 is 19.9 Å². The number of aliphatic hydroxyl groups excluding tert-OH is 1. The summed E-state index contributed by atoms with van der Waals surface area (Å²) in [7, 11) is 0. The summed E-state index contributed by atoms with van der Waals surface area (Å²) >= 11 is 0. The summed E-state index contributed by atoms with van der Waals surface area (Å²) in [6, 6.07) is 14.0. The molecule has 4 rings (SSSR count). The number of morpholine rings is 1. The Balaban J connectivity index is 1.46. The summed E-state index contributed by atoms with van der Waals surface area (Å²) in [5, 5.41) is 12.6. The van der Waals surface area contributed by atoms with E-state index < -0.39 is 0 Å². The number of aliphatic hydroxyl groups is 1. The molecule has 0 aliphatic carbocycles. The van der Waals surface area contributed by atoms with E-state index in [4.69, 9.17) is 9.47 Å². The molecular formula is C22H27N3O4. The molecule has 154 valence electrons. The first-order chi connectivity index (χ1) is 14.0. The van der Waals surface area contributed by atoms with E-state index in [9.17, 15) is 9.90 Å². The van der Waals surface area contributed by atoms with Crippen molar-refractivity contribution in [2.24, 2.45) is 0 Å².